The lowest BCUT2D eigenvalue weighted by atomic mass is 10.1. The summed E-state index contributed by atoms with van der Waals surface area (Å²) in [5.41, 5.74) is 1.44. The van der Waals surface area contributed by atoms with Gasteiger partial charge in [0.05, 0.1) is 20.8 Å². The third-order valence-corrected chi connectivity index (χ3v) is 4.26. The molecule has 144 valence electrons. The minimum Gasteiger partial charge on any atom is -0.497 e. The lowest BCUT2D eigenvalue weighted by Crippen LogP contribution is -1.98. The highest BCUT2D eigenvalue weighted by Crippen LogP contribution is 2.25. The van der Waals surface area contributed by atoms with Crippen molar-refractivity contribution in [2.75, 3.05) is 20.8 Å². The zero-order valence-electron chi connectivity index (χ0n) is 16.4. The molecule has 0 radical (unpaired) electrons. The van der Waals surface area contributed by atoms with Gasteiger partial charge in [-0.15, -0.1) is 0 Å². The maximum atomic E-state index is 12.4. The number of methoxy groups -OCH3 is 2. The van der Waals surface area contributed by atoms with Gasteiger partial charge < -0.3 is 14.2 Å². The maximum absolute atomic E-state index is 12.4. The van der Waals surface area contributed by atoms with E-state index in [1.165, 1.54) is 19.3 Å². The molecule has 0 bridgehead atoms. The van der Waals surface area contributed by atoms with Gasteiger partial charge in [-0.25, -0.2) is 0 Å². The van der Waals surface area contributed by atoms with Gasteiger partial charge in [0, 0.05) is 17.2 Å². The van der Waals surface area contributed by atoms with Gasteiger partial charge in [0.1, 0.15) is 17.2 Å². The van der Waals surface area contributed by atoms with Crippen molar-refractivity contribution in [2.45, 2.75) is 32.6 Å². The second-order valence-electron chi connectivity index (χ2n) is 6.24. The molecule has 2 rings (SSSR count). The summed E-state index contributed by atoms with van der Waals surface area (Å²) in [6, 6.07) is 12.7. The van der Waals surface area contributed by atoms with E-state index in [2.05, 4.69) is 6.92 Å². The van der Waals surface area contributed by atoms with Crippen molar-refractivity contribution in [3.8, 4) is 17.2 Å². The van der Waals surface area contributed by atoms with E-state index in [1.54, 1.807) is 44.6 Å². The Balaban J connectivity index is 1.94. The average molecular weight is 368 g/mol. The van der Waals surface area contributed by atoms with Crippen LogP contribution in [0.4, 0.5) is 0 Å². The van der Waals surface area contributed by atoms with Crippen molar-refractivity contribution in [1.29, 1.82) is 0 Å². The molecule has 4 heteroatoms. The van der Waals surface area contributed by atoms with Gasteiger partial charge in [0.15, 0.2) is 5.78 Å². The van der Waals surface area contributed by atoms with Crippen molar-refractivity contribution >= 4 is 11.9 Å². The molecule has 0 unspecified atom stereocenters. The van der Waals surface area contributed by atoms with E-state index in [-0.39, 0.29) is 5.78 Å². The Kier molecular flexibility index (Phi) is 8.43. The normalized spacial score (nSPS) is 10.8. The second-order valence-corrected chi connectivity index (χ2v) is 6.24. The van der Waals surface area contributed by atoms with E-state index < -0.39 is 0 Å². The summed E-state index contributed by atoms with van der Waals surface area (Å²) in [6.45, 7) is 2.90. The Morgan fingerprint density at radius 2 is 1.67 bits per heavy atom. The summed E-state index contributed by atoms with van der Waals surface area (Å²) in [5.74, 6) is 2.09. The number of unbranched alkanes of at least 4 members (excludes halogenated alkanes) is 3. The molecule has 0 fully saturated rings. The van der Waals surface area contributed by atoms with Crippen LogP contribution in [0.3, 0.4) is 0 Å². The first-order valence-electron chi connectivity index (χ1n) is 9.35. The zero-order chi connectivity index (χ0) is 19.5. The number of rotatable bonds is 11. The number of hydrogen-bond donors (Lipinski definition) is 0. The number of benzene rings is 2. The van der Waals surface area contributed by atoms with Gasteiger partial charge in [0.25, 0.3) is 0 Å². The molecule has 0 heterocycles. The van der Waals surface area contributed by atoms with Crippen molar-refractivity contribution in [3.05, 3.63) is 59.7 Å². The van der Waals surface area contributed by atoms with Crippen LogP contribution in [-0.4, -0.2) is 26.6 Å². The summed E-state index contributed by atoms with van der Waals surface area (Å²) >= 11 is 0. The molecular formula is C23H28O4. The van der Waals surface area contributed by atoms with Crippen molar-refractivity contribution in [2.24, 2.45) is 0 Å². The maximum Gasteiger partial charge on any atom is 0.185 e. The van der Waals surface area contributed by atoms with Crippen LogP contribution in [0.15, 0.2) is 48.5 Å². The molecule has 0 aliphatic carbocycles. The lowest BCUT2D eigenvalue weighted by molar-refractivity contribution is 0.104. The number of carbonyl (C=O) groups excluding carboxylic acids is 1. The number of allylic oxidation sites excluding steroid dienone is 1. The zero-order valence-corrected chi connectivity index (χ0v) is 16.4. The fraction of sp³-hybridized carbons (Fsp3) is 0.348. The van der Waals surface area contributed by atoms with E-state index in [0.717, 1.165) is 17.7 Å². The van der Waals surface area contributed by atoms with Crippen LogP contribution in [0.2, 0.25) is 0 Å². The first-order chi connectivity index (χ1) is 13.2. The Morgan fingerprint density at radius 3 is 2.33 bits per heavy atom. The van der Waals surface area contributed by atoms with E-state index in [1.807, 2.05) is 24.3 Å². The van der Waals surface area contributed by atoms with Crippen molar-refractivity contribution in [1.82, 2.24) is 0 Å². The third-order valence-electron chi connectivity index (χ3n) is 4.26. The van der Waals surface area contributed by atoms with Crippen LogP contribution >= 0.6 is 0 Å². The van der Waals surface area contributed by atoms with Crippen LogP contribution in [-0.2, 0) is 0 Å². The van der Waals surface area contributed by atoms with Crippen LogP contribution < -0.4 is 14.2 Å². The van der Waals surface area contributed by atoms with E-state index in [4.69, 9.17) is 14.2 Å². The number of ether oxygens (including phenoxy) is 3. The number of hydrogen-bond acceptors (Lipinski definition) is 4. The first kappa shape index (κ1) is 20.6. The Labute approximate surface area is 161 Å². The summed E-state index contributed by atoms with van der Waals surface area (Å²) in [7, 11) is 3.20. The molecule has 0 spiro atoms. The van der Waals surface area contributed by atoms with Gasteiger partial charge in [0.2, 0.25) is 0 Å². The molecule has 0 N–H and O–H groups in total. The fourth-order valence-electron chi connectivity index (χ4n) is 2.65. The molecule has 0 aromatic heterocycles. The summed E-state index contributed by atoms with van der Waals surface area (Å²) in [5, 5.41) is 0. The van der Waals surface area contributed by atoms with Gasteiger partial charge in [-0.05, 0) is 55.0 Å². The van der Waals surface area contributed by atoms with Crippen molar-refractivity contribution in [3.63, 3.8) is 0 Å². The highest BCUT2D eigenvalue weighted by atomic mass is 16.5. The highest BCUT2D eigenvalue weighted by Gasteiger charge is 2.05. The molecule has 4 nitrogen and oxygen atoms in total. The highest BCUT2D eigenvalue weighted by molar-refractivity contribution is 6.07. The van der Waals surface area contributed by atoms with E-state index >= 15 is 0 Å². The Morgan fingerprint density at radius 1 is 0.926 bits per heavy atom. The molecular weight excluding hydrogens is 340 g/mol. The largest absolute Gasteiger partial charge is 0.497 e. The smallest absolute Gasteiger partial charge is 0.185 e. The molecule has 27 heavy (non-hydrogen) atoms. The Bertz CT molecular complexity index is 747. The molecule has 0 saturated heterocycles. The van der Waals surface area contributed by atoms with Gasteiger partial charge in [-0.1, -0.05) is 26.2 Å². The number of carbonyl (C=O) groups is 1. The van der Waals surface area contributed by atoms with Crippen molar-refractivity contribution < 1.29 is 19.0 Å². The monoisotopic (exact) mass is 368 g/mol. The van der Waals surface area contributed by atoms with Crippen LogP contribution in [0.25, 0.3) is 6.08 Å². The standard InChI is InChI=1S/C23H28O4/c1-4-5-6-7-16-27-20-12-8-18(9-13-20)22(24)15-11-19-10-14-21(25-2)17-23(19)26-3/h8-15,17H,4-7,16H2,1-3H3/b15-11+. The average Bonchev–Trinajstić information content (AvgIpc) is 2.72. The summed E-state index contributed by atoms with van der Waals surface area (Å²) < 4.78 is 16.2. The van der Waals surface area contributed by atoms with Crippen LogP contribution in [0, 0.1) is 0 Å². The van der Waals surface area contributed by atoms with Gasteiger partial charge >= 0.3 is 0 Å². The minimum absolute atomic E-state index is 0.0673. The molecule has 0 saturated carbocycles. The van der Waals surface area contributed by atoms with E-state index in [9.17, 15) is 4.79 Å². The molecule has 0 amide bonds. The third kappa shape index (κ3) is 6.48. The molecule has 2 aromatic carbocycles. The van der Waals surface area contributed by atoms with Crippen LogP contribution in [0.1, 0.15) is 48.5 Å². The molecule has 0 aliphatic heterocycles. The minimum atomic E-state index is -0.0673. The summed E-state index contributed by atoms with van der Waals surface area (Å²) in [6.07, 6.45) is 7.99. The topological polar surface area (TPSA) is 44.8 Å². The number of ketones is 1. The lowest BCUT2D eigenvalue weighted by Gasteiger charge is -2.07. The molecule has 2 aromatic rings. The first-order valence-corrected chi connectivity index (χ1v) is 9.35. The molecule has 0 aliphatic rings. The SMILES string of the molecule is CCCCCCOc1ccc(C(=O)/C=C/c2ccc(OC)cc2OC)cc1. The second kappa shape index (κ2) is 11.1. The predicted molar refractivity (Wildman–Crippen MR) is 109 cm³/mol. The summed E-state index contributed by atoms with van der Waals surface area (Å²) in [4.78, 5) is 12.4. The molecule has 0 atom stereocenters. The van der Waals surface area contributed by atoms with Gasteiger partial charge in [-0.2, -0.15) is 0 Å². The van der Waals surface area contributed by atoms with Crippen LogP contribution in [0.5, 0.6) is 17.2 Å². The van der Waals surface area contributed by atoms with E-state index in [0.29, 0.717) is 23.7 Å². The van der Waals surface area contributed by atoms with Gasteiger partial charge in [-0.3, -0.25) is 4.79 Å². The quantitative estimate of drug-likeness (QED) is 0.296. The Hall–Kier alpha value is -2.75. The fourth-order valence-corrected chi connectivity index (χ4v) is 2.65. The predicted octanol–water partition coefficient (Wildman–Crippen LogP) is 5.56.